The Labute approximate surface area is 124 Å². The minimum atomic E-state index is 0.676. The Bertz CT molecular complexity index is 735. The zero-order valence-corrected chi connectivity index (χ0v) is 12.0. The summed E-state index contributed by atoms with van der Waals surface area (Å²) >= 11 is 0. The van der Waals surface area contributed by atoms with Crippen LogP contribution < -0.4 is 10.1 Å². The summed E-state index contributed by atoms with van der Waals surface area (Å²) in [5, 5.41) is 4.62. The fourth-order valence-electron chi connectivity index (χ4n) is 2.39. The number of anilines is 1. The molecule has 0 fully saturated rings. The zero-order chi connectivity index (χ0) is 14.5. The van der Waals surface area contributed by atoms with Gasteiger partial charge in [0.2, 0.25) is 0 Å². The largest absolute Gasteiger partial charge is 0.494 e. The maximum absolute atomic E-state index is 5.66. The molecule has 3 aromatic rings. The summed E-state index contributed by atoms with van der Waals surface area (Å²) in [6, 6.07) is 18.3. The first kappa shape index (κ1) is 13.4. The van der Waals surface area contributed by atoms with E-state index < -0.39 is 0 Å². The van der Waals surface area contributed by atoms with Gasteiger partial charge in [-0.2, -0.15) is 0 Å². The first-order chi connectivity index (χ1) is 10.4. The number of nitrogens with one attached hydrogen (secondary N) is 1. The van der Waals surface area contributed by atoms with Gasteiger partial charge in [0.1, 0.15) is 5.75 Å². The third kappa shape index (κ3) is 2.97. The molecule has 0 atom stereocenters. The smallest absolute Gasteiger partial charge is 0.124 e. The number of hydrogen-bond donors (Lipinski definition) is 1. The van der Waals surface area contributed by atoms with Crippen LogP contribution in [0.15, 0.2) is 60.8 Å². The van der Waals surface area contributed by atoms with Gasteiger partial charge in [0.15, 0.2) is 0 Å². The van der Waals surface area contributed by atoms with Crippen molar-refractivity contribution in [3.63, 3.8) is 0 Å². The molecule has 1 aromatic heterocycles. The standard InChI is InChI=1S/C18H18N2O/c1-2-21-18-11-4-3-7-14(18)13-20-17-10-5-9-16-15(17)8-6-12-19-16/h3-12,20H,2,13H2,1H3. The topological polar surface area (TPSA) is 34.1 Å². The third-order valence-corrected chi connectivity index (χ3v) is 3.39. The van der Waals surface area contributed by atoms with Crippen LogP contribution in [-0.2, 0) is 6.54 Å². The van der Waals surface area contributed by atoms with E-state index in [-0.39, 0.29) is 0 Å². The van der Waals surface area contributed by atoms with Crippen LogP contribution in [0.5, 0.6) is 5.75 Å². The summed E-state index contributed by atoms with van der Waals surface area (Å²) in [6.45, 7) is 3.40. The van der Waals surface area contributed by atoms with Crippen molar-refractivity contribution >= 4 is 16.6 Å². The van der Waals surface area contributed by atoms with Gasteiger partial charge in [0, 0.05) is 29.4 Å². The van der Waals surface area contributed by atoms with Crippen molar-refractivity contribution in [1.82, 2.24) is 4.98 Å². The van der Waals surface area contributed by atoms with E-state index in [2.05, 4.69) is 28.5 Å². The summed E-state index contributed by atoms with van der Waals surface area (Å²) < 4.78 is 5.66. The summed E-state index contributed by atoms with van der Waals surface area (Å²) in [5.74, 6) is 0.936. The zero-order valence-electron chi connectivity index (χ0n) is 12.0. The van der Waals surface area contributed by atoms with Gasteiger partial charge in [-0.25, -0.2) is 0 Å². The van der Waals surface area contributed by atoms with E-state index in [0.29, 0.717) is 6.61 Å². The van der Waals surface area contributed by atoms with Crippen LogP contribution in [0.4, 0.5) is 5.69 Å². The van der Waals surface area contributed by atoms with E-state index in [1.54, 1.807) is 0 Å². The molecule has 0 spiro atoms. The van der Waals surface area contributed by atoms with Crippen molar-refractivity contribution in [1.29, 1.82) is 0 Å². The normalized spacial score (nSPS) is 10.5. The van der Waals surface area contributed by atoms with Crippen LogP contribution in [0.25, 0.3) is 10.9 Å². The van der Waals surface area contributed by atoms with E-state index in [4.69, 9.17) is 4.74 Å². The van der Waals surface area contributed by atoms with Crippen LogP contribution >= 0.6 is 0 Å². The van der Waals surface area contributed by atoms with E-state index in [1.807, 2.05) is 49.5 Å². The summed E-state index contributed by atoms with van der Waals surface area (Å²) in [4.78, 5) is 4.38. The van der Waals surface area contributed by atoms with Gasteiger partial charge in [0.25, 0.3) is 0 Å². The molecule has 3 nitrogen and oxygen atoms in total. The molecule has 3 rings (SSSR count). The van der Waals surface area contributed by atoms with Crippen LogP contribution in [0.2, 0.25) is 0 Å². The highest BCUT2D eigenvalue weighted by Gasteiger charge is 2.04. The quantitative estimate of drug-likeness (QED) is 0.757. The Balaban J connectivity index is 1.84. The van der Waals surface area contributed by atoms with Crippen molar-refractivity contribution in [2.75, 3.05) is 11.9 Å². The van der Waals surface area contributed by atoms with Crippen LogP contribution in [-0.4, -0.2) is 11.6 Å². The van der Waals surface area contributed by atoms with E-state index in [0.717, 1.165) is 34.4 Å². The van der Waals surface area contributed by atoms with Crippen molar-refractivity contribution in [3.05, 3.63) is 66.4 Å². The fraction of sp³-hybridized carbons (Fsp3) is 0.167. The molecule has 0 aliphatic carbocycles. The van der Waals surface area contributed by atoms with Crippen molar-refractivity contribution in [3.8, 4) is 5.75 Å². The summed E-state index contributed by atoms with van der Waals surface area (Å²) in [7, 11) is 0. The average Bonchev–Trinajstić information content (AvgIpc) is 2.54. The number of nitrogens with zero attached hydrogens (tertiary/aromatic N) is 1. The van der Waals surface area contributed by atoms with Crippen LogP contribution in [0.3, 0.4) is 0 Å². The van der Waals surface area contributed by atoms with Crippen molar-refractivity contribution in [2.45, 2.75) is 13.5 Å². The molecular weight excluding hydrogens is 260 g/mol. The number of fused-ring (bicyclic) bond motifs is 1. The number of para-hydroxylation sites is 1. The van der Waals surface area contributed by atoms with Crippen LogP contribution in [0.1, 0.15) is 12.5 Å². The van der Waals surface area contributed by atoms with Gasteiger partial charge in [-0.15, -0.1) is 0 Å². The molecule has 0 radical (unpaired) electrons. The summed E-state index contributed by atoms with van der Waals surface area (Å²) in [6.07, 6.45) is 1.82. The van der Waals surface area contributed by atoms with E-state index in [9.17, 15) is 0 Å². The van der Waals surface area contributed by atoms with E-state index in [1.165, 1.54) is 0 Å². The van der Waals surface area contributed by atoms with Gasteiger partial charge in [0.05, 0.1) is 12.1 Å². The Hall–Kier alpha value is -2.55. The second-order valence-corrected chi connectivity index (χ2v) is 4.77. The molecule has 21 heavy (non-hydrogen) atoms. The molecule has 0 unspecified atom stereocenters. The van der Waals surface area contributed by atoms with Crippen LogP contribution in [0, 0.1) is 0 Å². The molecule has 106 valence electrons. The number of ether oxygens (including phenoxy) is 1. The molecule has 0 aliphatic rings. The molecular formula is C18H18N2O. The minimum absolute atomic E-state index is 0.676. The van der Waals surface area contributed by atoms with Gasteiger partial charge in [-0.05, 0) is 37.3 Å². The molecule has 1 heterocycles. The number of aromatic nitrogens is 1. The maximum atomic E-state index is 5.66. The second-order valence-electron chi connectivity index (χ2n) is 4.77. The Morgan fingerprint density at radius 3 is 2.81 bits per heavy atom. The highest BCUT2D eigenvalue weighted by molar-refractivity contribution is 5.91. The first-order valence-electron chi connectivity index (χ1n) is 7.17. The molecule has 3 heteroatoms. The molecule has 0 saturated carbocycles. The lowest BCUT2D eigenvalue weighted by Crippen LogP contribution is -2.03. The average molecular weight is 278 g/mol. The molecule has 0 bridgehead atoms. The number of benzene rings is 2. The third-order valence-electron chi connectivity index (χ3n) is 3.39. The maximum Gasteiger partial charge on any atom is 0.124 e. The second kappa shape index (κ2) is 6.27. The lowest BCUT2D eigenvalue weighted by atomic mass is 10.1. The fourth-order valence-corrected chi connectivity index (χ4v) is 2.39. The lowest BCUT2D eigenvalue weighted by Gasteiger charge is -2.13. The van der Waals surface area contributed by atoms with Crippen molar-refractivity contribution < 1.29 is 4.74 Å². The van der Waals surface area contributed by atoms with Gasteiger partial charge in [-0.3, -0.25) is 4.98 Å². The minimum Gasteiger partial charge on any atom is -0.494 e. The summed E-state index contributed by atoms with van der Waals surface area (Å²) in [5.41, 5.74) is 3.24. The highest BCUT2D eigenvalue weighted by atomic mass is 16.5. The van der Waals surface area contributed by atoms with Crippen molar-refractivity contribution in [2.24, 2.45) is 0 Å². The molecule has 2 aromatic carbocycles. The van der Waals surface area contributed by atoms with E-state index >= 15 is 0 Å². The molecule has 0 aliphatic heterocycles. The molecule has 1 N–H and O–H groups in total. The predicted molar refractivity (Wildman–Crippen MR) is 86.7 cm³/mol. The van der Waals surface area contributed by atoms with Gasteiger partial charge < -0.3 is 10.1 Å². The Morgan fingerprint density at radius 2 is 1.90 bits per heavy atom. The first-order valence-corrected chi connectivity index (χ1v) is 7.17. The number of hydrogen-bond acceptors (Lipinski definition) is 3. The molecule has 0 amide bonds. The molecule has 0 saturated heterocycles. The predicted octanol–water partition coefficient (Wildman–Crippen LogP) is 4.25. The lowest BCUT2D eigenvalue weighted by molar-refractivity contribution is 0.337. The van der Waals surface area contributed by atoms with Gasteiger partial charge in [-0.1, -0.05) is 24.3 Å². The number of pyridine rings is 1. The monoisotopic (exact) mass is 278 g/mol. The number of rotatable bonds is 5. The Morgan fingerprint density at radius 1 is 1.00 bits per heavy atom. The SMILES string of the molecule is CCOc1ccccc1CNc1cccc2ncccc12. The van der Waals surface area contributed by atoms with Gasteiger partial charge >= 0.3 is 0 Å². The Kier molecular flexibility index (Phi) is 4.01. The highest BCUT2D eigenvalue weighted by Crippen LogP contribution is 2.24.